The lowest BCUT2D eigenvalue weighted by Gasteiger charge is -2.20. The fourth-order valence-corrected chi connectivity index (χ4v) is 6.85. The van der Waals surface area contributed by atoms with Gasteiger partial charge in [-0.2, -0.15) is 0 Å². The van der Waals surface area contributed by atoms with E-state index in [0.29, 0.717) is 28.7 Å². The van der Waals surface area contributed by atoms with Crippen molar-refractivity contribution in [1.29, 1.82) is 0 Å². The van der Waals surface area contributed by atoms with Crippen molar-refractivity contribution in [2.45, 2.75) is 13.3 Å². The van der Waals surface area contributed by atoms with Crippen LogP contribution in [0.4, 0.5) is 0 Å². The number of aromatic nitrogens is 2. The molecular weight excluding hydrogens is 544 g/mol. The van der Waals surface area contributed by atoms with E-state index in [1.54, 1.807) is 0 Å². The maximum atomic E-state index is 9.45. The van der Waals surface area contributed by atoms with E-state index in [0.717, 1.165) is 44.1 Å². The van der Waals surface area contributed by atoms with Gasteiger partial charge in [0.2, 0.25) is 0 Å². The highest BCUT2D eigenvalue weighted by Gasteiger charge is 2.19. The maximum Gasteiger partial charge on any atom is 0.114 e. The van der Waals surface area contributed by atoms with Crippen LogP contribution in [-0.4, -0.2) is 9.55 Å². The van der Waals surface area contributed by atoms with Crippen LogP contribution in [0.15, 0.2) is 151 Å². The number of para-hydroxylation sites is 2. The summed E-state index contributed by atoms with van der Waals surface area (Å²) in [6, 6.07) is 30.2. The van der Waals surface area contributed by atoms with Gasteiger partial charge < -0.3 is 0 Å². The van der Waals surface area contributed by atoms with Crippen molar-refractivity contribution in [1.82, 2.24) is 9.55 Å². The van der Waals surface area contributed by atoms with Gasteiger partial charge in [0.15, 0.2) is 0 Å². The number of imidazole rings is 1. The van der Waals surface area contributed by atoms with E-state index < -0.39 is 24.2 Å². The minimum atomic E-state index is -0.428. The van der Waals surface area contributed by atoms with Crippen LogP contribution < -0.4 is 0 Å². The molecule has 0 radical (unpaired) electrons. The van der Waals surface area contributed by atoms with Gasteiger partial charge in [-0.3, -0.25) is 4.57 Å². The van der Waals surface area contributed by atoms with Crippen molar-refractivity contribution in [3.63, 3.8) is 0 Å². The molecule has 8 aromatic carbocycles. The lowest BCUT2D eigenvalue weighted by molar-refractivity contribution is 0.908. The zero-order valence-electron chi connectivity index (χ0n) is 32.4. The molecular formula is C43H30N2. The van der Waals surface area contributed by atoms with E-state index in [1.807, 2.05) is 110 Å². The lowest BCUT2D eigenvalue weighted by Crippen LogP contribution is -2.00. The van der Waals surface area contributed by atoms with Crippen LogP contribution in [0.3, 0.4) is 0 Å². The average Bonchev–Trinajstić information content (AvgIpc) is 3.58. The molecule has 1 heterocycles. The minimum absolute atomic E-state index is 0.184. The smallest absolute Gasteiger partial charge is 0.114 e. The van der Waals surface area contributed by atoms with Crippen LogP contribution in [0, 0.1) is 0 Å². The van der Waals surface area contributed by atoms with Crippen LogP contribution in [0.25, 0.3) is 82.1 Å². The first-order chi connectivity index (χ1) is 25.6. The Hall–Kier alpha value is -5.73. The van der Waals surface area contributed by atoms with Crippen molar-refractivity contribution in [2.75, 3.05) is 0 Å². The molecule has 0 N–H and O–H groups in total. The van der Waals surface area contributed by atoms with E-state index in [4.69, 9.17) is 10.5 Å². The second-order valence-electron chi connectivity index (χ2n) is 11.2. The molecule has 2 heteroatoms. The molecule has 0 amide bonds. The summed E-state index contributed by atoms with van der Waals surface area (Å²) in [6.45, 7) is 2.03. The minimum Gasteiger partial charge on any atom is -0.296 e. The maximum absolute atomic E-state index is 9.45. The van der Waals surface area contributed by atoms with Gasteiger partial charge in [0.25, 0.3) is 0 Å². The second kappa shape index (κ2) is 10.2. The summed E-state index contributed by atoms with van der Waals surface area (Å²) in [5.74, 6) is 0.834. The van der Waals surface area contributed by atoms with E-state index in [1.165, 1.54) is 0 Å². The highest BCUT2D eigenvalue weighted by molar-refractivity contribution is 6.25. The number of aryl methyl sites for hydroxylation is 1. The van der Waals surface area contributed by atoms with Gasteiger partial charge >= 0.3 is 0 Å². The lowest BCUT2D eigenvalue weighted by atomic mass is 9.84. The topological polar surface area (TPSA) is 17.8 Å². The molecule has 45 heavy (non-hydrogen) atoms. The van der Waals surface area contributed by atoms with Crippen molar-refractivity contribution >= 4 is 54.1 Å². The van der Waals surface area contributed by atoms with Gasteiger partial charge in [-0.25, -0.2) is 4.98 Å². The first-order valence-corrected chi connectivity index (χ1v) is 15.1. The molecule has 212 valence electrons. The Bertz CT molecular complexity index is 2960. The normalized spacial score (nSPS) is 14.2. The number of hydrogen-bond donors (Lipinski definition) is 0. The van der Waals surface area contributed by atoms with Crippen LogP contribution in [0.1, 0.15) is 23.7 Å². The predicted molar refractivity (Wildman–Crippen MR) is 191 cm³/mol. The molecule has 9 rings (SSSR count). The highest BCUT2D eigenvalue weighted by atomic mass is 15.1. The van der Waals surface area contributed by atoms with Gasteiger partial charge in [0.1, 0.15) is 5.82 Å². The highest BCUT2D eigenvalue weighted by Crippen LogP contribution is 2.46. The predicted octanol–water partition coefficient (Wildman–Crippen LogP) is 11.5. The van der Waals surface area contributed by atoms with Gasteiger partial charge in [-0.1, -0.05) is 128 Å². The molecule has 0 fully saturated rings. The number of fused-ring (bicyclic) bond motifs is 6. The van der Waals surface area contributed by atoms with Crippen LogP contribution in [-0.2, 0) is 6.42 Å². The summed E-state index contributed by atoms with van der Waals surface area (Å²) in [6.07, 6.45) is 0.653. The van der Waals surface area contributed by atoms with Crippen molar-refractivity contribution in [2.24, 2.45) is 0 Å². The zero-order chi connectivity index (χ0) is 36.9. The summed E-state index contributed by atoms with van der Waals surface area (Å²) in [4.78, 5) is 4.86. The first-order valence-electron chi connectivity index (χ1n) is 19.1. The van der Waals surface area contributed by atoms with Crippen LogP contribution >= 0.6 is 0 Å². The Morgan fingerprint density at radius 1 is 0.578 bits per heavy atom. The molecule has 9 aromatic rings. The zero-order valence-corrected chi connectivity index (χ0v) is 24.4. The number of benzene rings is 8. The fraction of sp³-hybridized carbons (Fsp3) is 0.0465. The summed E-state index contributed by atoms with van der Waals surface area (Å²) in [5, 5.41) is 4.35. The van der Waals surface area contributed by atoms with Gasteiger partial charge in [-0.05, 0) is 95.7 Å². The molecule has 0 aliphatic carbocycles. The Labute approximate surface area is 273 Å². The molecule has 0 bridgehead atoms. The van der Waals surface area contributed by atoms with Gasteiger partial charge in [-0.15, -0.1) is 0 Å². The quantitative estimate of drug-likeness (QED) is 0.149. The van der Waals surface area contributed by atoms with E-state index in [-0.39, 0.29) is 45.7 Å². The molecule has 2 nitrogen and oxygen atoms in total. The summed E-state index contributed by atoms with van der Waals surface area (Å²) in [7, 11) is 0. The van der Waals surface area contributed by atoms with Gasteiger partial charge in [0.05, 0.1) is 22.0 Å². The summed E-state index contributed by atoms with van der Waals surface area (Å²) >= 11 is 0. The molecule has 0 atom stereocenters. The van der Waals surface area contributed by atoms with E-state index in [2.05, 4.69) is 4.57 Å². The van der Waals surface area contributed by atoms with Gasteiger partial charge in [0, 0.05) is 12.1 Å². The first kappa shape index (κ1) is 18.8. The molecule has 0 aliphatic heterocycles. The van der Waals surface area contributed by atoms with Crippen molar-refractivity contribution in [3.05, 3.63) is 157 Å². The van der Waals surface area contributed by atoms with Crippen molar-refractivity contribution in [3.8, 4) is 27.9 Å². The Kier molecular flexibility index (Phi) is 4.26. The van der Waals surface area contributed by atoms with Crippen LogP contribution in [0.2, 0.25) is 0 Å². The third-order valence-corrected chi connectivity index (χ3v) is 8.75. The molecule has 0 spiro atoms. The van der Waals surface area contributed by atoms with Crippen molar-refractivity contribution < 1.29 is 11.0 Å². The summed E-state index contributed by atoms with van der Waals surface area (Å²) in [5.41, 5.74) is 4.31. The summed E-state index contributed by atoms with van der Waals surface area (Å²) < 4.78 is 75.3. The van der Waals surface area contributed by atoms with Crippen LogP contribution in [0.5, 0.6) is 0 Å². The molecule has 0 unspecified atom stereocenters. The molecule has 0 saturated heterocycles. The fourth-order valence-electron chi connectivity index (χ4n) is 6.85. The third-order valence-electron chi connectivity index (χ3n) is 8.75. The molecule has 0 saturated carbocycles. The van der Waals surface area contributed by atoms with E-state index >= 15 is 0 Å². The van der Waals surface area contributed by atoms with E-state index in [9.17, 15) is 5.48 Å². The standard InChI is InChI=1S/C43H30N2/c1-2-41-44-39-24-11-12-25-40(39)45(41)30-16-13-15-29(26-30)42-34-20-7-9-22-36(34)43(37-23-10-8-21-35(37)42)38-27-28-14-3-4-17-31(28)32-18-5-6-19-33(32)38/h3-27H,2H2,1H3/i7D,8D,9D,10D,20D,21D,22D,23D. The number of rotatable bonds is 4. The number of nitrogens with zero attached hydrogens (tertiary/aromatic N) is 2. The third kappa shape index (κ3) is 3.92. The monoisotopic (exact) mass is 582 g/mol. The largest absolute Gasteiger partial charge is 0.296 e. The number of hydrogen-bond acceptors (Lipinski definition) is 1. The average molecular weight is 583 g/mol. The Balaban J connectivity index is 1.53. The Morgan fingerprint density at radius 2 is 1.20 bits per heavy atom. The SMILES string of the molecule is [2H]c1c([2H])c([2H])c2c(-c3cc4ccccc4c4ccccc34)c3c([2H])c([2H])c([2H])c([2H])c3c(-c3cccc(-n4c(CC)nc5ccccc54)c3)c2c1[2H]. The second-order valence-corrected chi connectivity index (χ2v) is 11.2. The molecule has 0 aliphatic rings. The Morgan fingerprint density at radius 3 is 1.93 bits per heavy atom. The molecule has 1 aromatic heterocycles.